The van der Waals surface area contributed by atoms with E-state index < -0.39 is 0 Å². The molecule has 0 spiro atoms. The predicted molar refractivity (Wildman–Crippen MR) is 135 cm³/mol. The minimum Gasteiger partial charge on any atom is -0.286 e. The molecule has 1 aromatic heterocycles. The van der Waals surface area contributed by atoms with Gasteiger partial charge in [-0.3, -0.25) is 8.99 Å². The SMILES string of the molecule is C=[N+]1C=CC(CC(C)C)=C[C-]1c1c(C)cc(-c2ccc(C)cc2)c2c1[o+][c-]1ccccc21. The van der Waals surface area contributed by atoms with Gasteiger partial charge in [0.1, 0.15) is 6.20 Å². The third-order valence-corrected chi connectivity index (χ3v) is 6.21. The first-order valence-corrected chi connectivity index (χ1v) is 11.3. The van der Waals surface area contributed by atoms with E-state index in [0.717, 1.165) is 34.6 Å². The van der Waals surface area contributed by atoms with E-state index in [2.05, 4.69) is 101 Å². The molecule has 2 heteroatoms. The van der Waals surface area contributed by atoms with Crippen LogP contribution in [0, 0.1) is 25.8 Å². The molecular formula is C30H29NO. The van der Waals surface area contributed by atoms with Crippen molar-refractivity contribution in [2.45, 2.75) is 34.1 Å². The van der Waals surface area contributed by atoms with Crippen molar-refractivity contribution in [2.75, 3.05) is 0 Å². The van der Waals surface area contributed by atoms with E-state index in [1.54, 1.807) is 0 Å². The third-order valence-electron chi connectivity index (χ3n) is 6.21. The van der Waals surface area contributed by atoms with Gasteiger partial charge in [-0.05, 0) is 47.9 Å². The maximum atomic E-state index is 6.54. The number of aryl methyl sites for hydroxylation is 2. The summed E-state index contributed by atoms with van der Waals surface area (Å²) in [6.45, 7) is 13.1. The highest BCUT2D eigenvalue weighted by atomic mass is 16.3. The number of fused-ring (bicyclic) bond motifs is 3. The van der Waals surface area contributed by atoms with Gasteiger partial charge in [0.25, 0.3) is 11.2 Å². The Kier molecular flexibility index (Phi) is 5.01. The van der Waals surface area contributed by atoms with E-state index in [9.17, 15) is 0 Å². The Morgan fingerprint density at radius 1 is 1.06 bits per heavy atom. The molecular weight excluding hydrogens is 390 g/mol. The predicted octanol–water partition coefficient (Wildman–Crippen LogP) is 7.96. The minimum atomic E-state index is 0.597. The van der Waals surface area contributed by atoms with Gasteiger partial charge in [0.2, 0.25) is 0 Å². The van der Waals surface area contributed by atoms with Crippen molar-refractivity contribution in [2.24, 2.45) is 5.92 Å². The molecule has 0 bridgehead atoms. The van der Waals surface area contributed by atoms with Crippen molar-refractivity contribution in [3.8, 4) is 11.1 Å². The van der Waals surface area contributed by atoms with Crippen LogP contribution in [0.2, 0.25) is 0 Å². The largest absolute Gasteiger partial charge is 0.286 e. The second-order valence-electron chi connectivity index (χ2n) is 9.27. The number of furan rings is 1. The number of benzene rings is 3. The van der Waals surface area contributed by atoms with Crippen molar-refractivity contribution < 1.29 is 8.99 Å². The lowest BCUT2D eigenvalue weighted by molar-refractivity contribution is -0.418. The van der Waals surface area contributed by atoms with E-state index in [1.165, 1.54) is 33.2 Å². The van der Waals surface area contributed by atoms with Gasteiger partial charge >= 0.3 is 0 Å². The number of hydrogen-bond donors (Lipinski definition) is 0. The third kappa shape index (κ3) is 3.46. The van der Waals surface area contributed by atoms with Crippen molar-refractivity contribution in [1.29, 1.82) is 0 Å². The fraction of sp³-hybridized carbons (Fsp3) is 0.200. The first kappa shape index (κ1) is 20.4. The molecule has 0 unspecified atom stereocenters. The van der Waals surface area contributed by atoms with Crippen LogP contribution in [-0.2, 0) is 0 Å². The molecule has 1 aliphatic rings. The number of hydrogen-bond acceptors (Lipinski definition) is 0. The average molecular weight is 420 g/mol. The smallest absolute Gasteiger partial charge is 0.278 e. The Morgan fingerprint density at radius 2 is 1.84 bits per heavy atom. The van der Waals surface area contributed by atoms with E-state index in [-0.39, 0.29) is 0 Å². The van der Waals surface area contributed by atoms with E-state index in [0.29, 0.717) is 5.92 Å². The molecule has 0 atom stereocenters. The number of allylic oxidation sites excluding steroid dienone is 2. The van der Waals surface area contributed by atoms with Gasteiger partial charge in [-0.2, -0.15) is 0 Å². The molecule has 0 amide bonds. The molecule has 0 saturated heterocycles. The maximum absolute atomic E-state index is 6.54. The number of nitrogens with zero attached hydrogens (tertiary/aromatic N) is 1. The summed E-state index contributed by atoms with van der Waals surface area (Å²) in [6.07, 6.45) is 7.54. The molecule has 32 heavy (non-hydrogen) atoms. The van der Waals surface area contributed by atoms with Crippen LogP contribution in [0.4, 0.5) is 0 Å². The first-order chi connectivity index (χ1) is 15.4. The van der Waals surface area contributed by atoms with Gasteiger partial charge in [0.05, 0.1) is 12.3 Å². The van der Waals surface area contributed by atoms with Crippen molar-refractivity contribution >= 4 is 28.7 Å². The Hall–Kier alpha value is -3.52. The molecule has 3 aromatic carbocycles. The minimum absolute atomic E-state index is 0.597. The Bertz CT molecular complexity index is 1400. The van der Waals surface area contributed by atoms with Crippen LogP contribution in [0.5, 0.6) is 0 Å². The second kappa shape index (κ2) is 7.87. The van der Waals surface area contributed by atoms with Crippen molar-refractivity contribution in [1.82, 2.24) is 0 Å². The molecule has 4 aromatic rings. The van der Waals surface area contributed by atoms with Crippen LogP contribution in [0.3, 0.4) is 0 Å². The zero-order valence-corrected chi connectivity index (χ0v) is 19.3. The Labute approximate surface area is 190 Å². The van der Waals surface area contributed by atoms with Crippen LogP contribution in [0.1, 0.15) is 37.0 Å². The van der Waals surface area contributed by atoms with Gasteiger partial charge in [-0.1, -0.05) is 73.9 Å². The zero-order chi connectivity index (χ0) is 22.4. The lowest BCUT2D eigenvalue weighted by atomic mass is 9.88. The lowest BCUT2D eigenvalue weighted by Gasteiger charge is -2.22. The molecule has 160 valence electrons. The van der Waals surface area contributed by atoms with Gasteiger partial charge < -0.3 is 0 Å². The van der Waals surface area contributed by atoms with Crippen LogP contribution < -0.4 is 0 Å². The van der Waals surface area contributed by atoms with Gasteiger partial charge in [0.15, 0.2) is 6.04 Å². The molecule has 1 aliphatic heterocycles. The molecule has 2 heterocycles. The number of rotatable bonds is 4. The maximum Gasteiger partial charge on any atom is 0.278 e. The monoisotopic (exact) mass is 419 g/mol. The first-order valence-electron chi connectivity index (χ1n) is 11.3. The summed E-state index contributed by atoms with van der Waals surface area (Å²) >= 11 is 0. The van der Waals surface area contributed by atoms with Crippen LogP contribution in [0.15, 0.2) is 82.9 Å². The summed E-state index contributed by atoms with van der Waals surface area (Å²) in [7, 11) is 0. The second-order valence-corrected chi connectivity index (χ2v) is 9.27. The highest BCUT2D eigenvalue weighted by molar-refractivity contribution is 6.14. The average Bonchev–Trinajstić information content (AvgIpc) is 3.14. The Balaban J connectivity index is 1.80. The summed E-state index contributed by atoms with van der Waals surface area (Å²) in [5.41, 5.74) is 9.14. The molecule has 0 fully saturated rings. The van der Waals surface area contributed by atoms with Gasteiger partial charge in [-0.25, -0.2) is 0 Å². The quantitative estimate of drug-likeness (QED) is 0.186. The summed E-state index contributed by atoms with van der Waals surface area (Å²) < 4.78 is 8.50. The standard InChI is InChI=1S/C30H29NO/c1-19(2)16-22-14-15-31(5)26(18-22)28-21(4)17-25(23-12-10-20(3)11-13-23)29-24-8-6-7-9-27(24)32-30(28)29/h6-15,17-19H,5,16H2,1-4H3. The van der Waals surface area contributed by atoms with Crippen molar-refractivity contribution in [3.05, 3.63) is 101 Å². The summed E-state index contributed by atoms with van der Waals surface area (Å²) in [5.74, 6) is 0.597. The molecule has 0 radical (unpaired) electrons. The lowest BCUT2D eigenvalue weighted by Crippen LogP contribution is -2.16. The molecule has 5 rings (SSSR count). The highest BCUT2D eigenvalue weighted by Crippen LogP contribution is 2.43. The molecule has 2 nitrogen and oxygen atoms in total. The molecule has 0 aliphatic carbocycles. The summed E-state index contributed by atoms with van der Waals surface area (Å²) in [4.78, 5) is 0. The summed E-state index contributed by atoms with van der Waals surface area (Å²) in [5, 5.41) is 2.31. The fourth-order valence-electron chi connectivity index (χ4n) is 4.69. The van der Waals surface area contributed by atoms with Crippen LogP contribution >= 0.6 is 0 Å². The van der Waals surface area contributed by atoms with Crippen LogP contribution in [0.25, 0.3) is 33.1 Å². The van der Waals surface area contributed by atoms with E-state index >= 15 is 0 Å². The Morgan fingerprint density at radius 3 is 2.59 bits per heavy atom. The van der Waals surface area contributed by atoms with Crippen molar-refractivity contribution in [3.63, 3.8) is 0 Å². The number of para-hydroxylation sites is 1. The topological polar surface area (TPSA) is 14.3 Å². The molecule has 0 saturated carbocycles. The highest BCUT2D eigenvalue weighted by Gasteiger charge is 2.28. The van der Waals surface area contributed by atoms with E-state index in [1.807, 2.05) is 10.6 Å². The fourth-order valence-corrected chi connectivity index (χ4v) is 4.69. The van der Waals surface area contributed by atoms with Gasteiger partial charge in [0, 0.05) is 5.39 Å². The molecule has 0 N–H and O–H groups in total. The van der Waals surface area contributed by atoms with Crippen LogP contribution in [-0.4, -0.2) is 11.3 Å². The van der Waals surface area contributed by atoms with E-state index in [4.69, 9.17) is 4.42 Å². The van der Waals surface area contributed by atoms with Gasteiger partial charge in [-0.15, -0.1) is 18.2 Å². The normalized spacial score (nSPS) is 14.1. The summed E-state index contributed by atoms with van der Waals surface area (Å²) in [6, 6.07) is 20.5. The zero-order valence-electron chi connectivity index (χ0n) is 19.3.